The molecule has 0 unspecified atom stereocenters. The molecule has 0 fully saturated rings. The Balaban J connectivity index is 2.17. The molecule has 0 aliphatic rings. The van der Waals surface area contributed by atoms with Crippen molar-refractivity contribution in [2.24, 2.45) is 0 Å². The van der Waals surface area contributed by atoms with Gasteiger partial charge in [-0.1, -0.05) is 32.5 Å². The molecule has 0 bridgehead atoms. The van der Waals surface area contributed by atoms with Crippen LogP contribution in [0.25, 0.3) is 0 Å². The zero-order valence-electron chi connectivity index (χ0n) is 11.7. The molecule has 2 heterocycles. The molecule has 1 atom stereocenters. The van der Waals surface area contributed by atoms with Crippen LogP contribution in [0.2, 0.25) is 0 Å². The molecule has 0 aliphatic heterocycles. The second kappa shape index (κ2) is 5.65. The Hall–Kier alpha value is -1.49. The topological polar surface area (TPSA) is 51.6 Å². The minimum absolute atomic E-state index is 0.0927. The summed E-state index contributed by atoms with van der Waals surface area (Å²) in [7, 11) is 0. The van der Waals surface area contributed by atoms with E-state index in [2.05, 4.69) is 40.7 Å². The number of rotatable bonds is 4. The fourth-order valence-electron chi connectivity index (χ4n) is 1.59. The summed E-state index contributed by atoms with van der Waals surface area (Å²) in [5, 5.41) is 1.09. The van der Waals surface area contributed by atoms with Crippen molar-refractivity contribution < 1.29 is 0 Å². The van der Waals surface area contributed by atoms with Crippen LogP contribution in [0, 0.1) is 6.92 Å². The van der Waals surface area contributed by atoms with E-state index in [0.29, 0.717) is 5.25 Å². The first-order valence-electron chi connectivity index (χ1n) is 6.23. The van der Waals surface area contributed by atoms with Gasteiger partial charge in [0.2, 0.25) is 0 Å². The third-order valence-electron chi connectivity index (χ3n) is 3.28. The molecule has 19 heavy (non-hydrogen) atoms. The van der Waals surface area contributed by atoms with Crippen molar-refractivity contribution >= 4 is 11.8 Å². The normalized spacial score (nSPS) is 13.3. The van der Waals surface area contributed by atoms with Crippen LogP contribution in [0.4, 0.5) is 0 Å². The molecule has 2 aromatic rings. The largest absolute Gasteiger partial charge is 0.258 e. The summed E-state index contributed by atoms with van der Waals surface area (Å²) in [6.45, 7) is 8.46. The average molecular weight is 274 g/mol. The van der Waals surface area contributed by atoms with Crippen LogP contribution in [0.5, 0.6) is 0 Å². The third kappa shape index (κ3) is 3.29. The predicted molar refractivity (Wildman–Crippen MR) is 77.1 cm³/mol. The molecule has 0 radical (unpaired) electrons. The number of hydrogen-bond acceptors (Lipinski definition) is 5. The van der Waals surface area contributed by atoms with Crippen molar-refractivity contribution in [1.82, 2.24) is 19.9 Å². The van der Waals surface area contributed by atoms with Crippen LogP contribution < -0.4 is 0 Å². The second-order valence-electron chi connectivity index (χ2n) is 5.06. The maximum atomic E-state index is 4.50. The molecule has 2 rings (SSSR count). The summed E-state index contributed by atoms with van der Waals surface area (Å²) < 4.78 is 0. The van der Waals surface area contributed by atoms with Crippen LogP contribution in [-0.4, -0.2) is 25.2 Å². The molecule has 0 aromatic carbocycles. The second-order valence-corrected chi connectivity index (χ2v) is 6.36. The molecule has 5 heteroatoms. The first kappa shape index (κ1) is 13.9. The molecule has 0 aliphatic carbocycles. The molecular weight excluding hydrogens is 256 g/mol. The van der Waals surface area contributed by atoms with Gasteiger partial charge in [0.05, 0.1) is 11.4 Å². The first-order chi connectivity index (χ1) is 9.00. The minimum atomic E-state index is -0.0927. The first-order valence-corrected chi connectivity index (χ1v) is 7.11. The number of hydrogen-bond donors (Lipinski definition) is 0. The maximum Gasteiger partial charge on any atom is 0.187 e. The van der Waals surface area contributed by atoms with Gasteiger partial charge in [-0.05, 0) is 13.0 Å². The summed E-state index contributed by atoms with van der Waals surface area (Å²) in [4.78, 5) is 17.3. The van der Waals surface area contributed by atoms with Crippen LogP contribution in [0.1, 0.15) is 32.2 Å². The van der Waals surface area contributed by atoms with Crippen molar-refractivity contribution in [2.45, 2.75) is 43.5 Å². The Morgan fingerprint density at radius 3 is 2.32 bits per heavy atom. The Labute approximate surface area is 118 Å². The van der Waals surface area contributed by atoms with Gasteiger partial charge in [-0.3, -0.25) is 9.97 Å². The molecular formula is C14H18N4S. The molecule has 0 spiro atoms. The van der Waals surface area contributed by atoms with E-state index in [1.165, 1.54) is 0 Å². The smallest absolute Gasteiger partial charge is 0.187 e. The van der Waals surface area contributed by atoms with Gasteiger partial charge >= 0.3 is 0 Å². The van der Waals surface area contributed by atoms with Gasteiger partial charge in [-0.15, -0.1) is 0 Å². The van der Waals surface area contributed by atoms with E-state index in [9.17, 15) is 0 Å². The van der Waals surface area contributed by atoms with E-state index >= 15 is 0 Å². The lowest BCUT2D eigenvalue weighted by molar-refractivity contribution is 0.500. The highest BCUT2D eigenvalue weighted by atomic mass is 32.2. The lowest BCUT2D eigenvalue weighted by Gasteiger charge is -2.29. The van der Waals surface area contributed by atoms with Crippen molar-refractivity contribution in [2.75, 3.05) is 0 Å². The molecule has 0 amide bonds. The van der Waals surface area contributed by atoms with Crippen LogP contribution >= 0.6 is 11.8 Å². The van der Waals surface area contributed by atoms with Crippen LogP contribution in [0.3, 0.4) is 0 Å². The number of nitrogens with zero attached hydrogens (tertiary/aromatic N) is 4. The Morgan fingerprint density at radius 2 is 1.74 bits per heavy atom. The molecule has 0 N–H and O–H groups in total. The van der Waals surface area contributed by atoms with E-state index in [-0.39, 0.29) is 5.41 Å². The minimum Gasteiger partial charge on any atom is -0.258 e. The molecule has 4 nitrogen and oxygen atoms in total. The molecule has 0 saturated heterocycles. The quantitative estimate of drug-likeness (QED) is 0.633. The standard InChI is InChI=1S/C14H18N4S/c1-10-8-18-12(9-17-10)14(3,4)11(2)19-13-15-6-5-7-16-13/h5-9,11H,1-4H3/t11-/m0/s1. The van der Waals surface area contributed by atoms with E-state index < -0.39 is 0 Å². The zero-order chi connectivity index (χ0) is 13.9. The monoisotopic (exact) mass is 274 g/mol. The number of aromatic nitrogens is 4. The summed E-state index contributed by atoms with van der Waals surface area (Å²) in [5.41, 5.74) is 1.84. The Bertz CT molecular complexity index is 525. The lowest BCUT2D eigenvalue weighted by atomic mass is 9.86. The maximum absolute atomic E-state index is 4.50. The lowest BCUT2D eigenvalue weighted by Crippen LogP contribution is -2.30. The SMILES string of the molecule is Cc1cnc(C(C)(C)[C@H](C)Sc2ncccn2)cn1. The van der Waals surface area contributed by atoms with E-state index in [4.69, 9.17) is 0 Å². The van der Waals surface area contributed by atoms with Gasteiger partial charge < -0.3 is 0 Å². The van der Waals surface area contributed by atoms with Gasteiger partial charge in [0, 0.05) is 35.5 Å². The van der Waals surface area contributed by atoms with Crippen molar-refractivity contribution in [3.63, 3.8) is 0 Å². The highest BCUT2D eigenvalue weighted by Crippen LogP contribution is 2.35. The van der Waals surface area contributed by atoms with Gasteiger partial charge in [-0.2, -0.15) is 0 Å². The number of thioether (sulfide) groups is 1. The Kier molecular flexibility index (Phi) is 4.14. The highest BCUT2D eigenvalue weighted by Gasteiger charge is 2.31. The molecule has 2 aromatic heterocycles. The highest BCUT2D eigenvalue weighted by molar-refractivity contribution is 7.99. The summed E-state index contributed by atoms with van der Waals surface area (Å²) in [6, 6.07) is 1.82. The van der Waals surface area contributed by atoms with E-state index in [0.717, 1.165) is 16.5 Å². The summed E-state index contributed by atoms with van der Waals surface area (Å²) >= 11 is 1.66. The third-order valence-corrected chi connectivity index (χ3v) is 4.65. The van der Waals surface area contributed by atoms with E-state index in [1.54, 1.807) is 24.2 Å². The predicted octanol–water partition coefficient (Wildman–Crippen LogP) is 3.03. The number of aryl methyl sites for hydroxylation is 1. The van der Waals surface area contributed by atoms with Crippen LogP contribution in [-0.2, 0) is 5.41 Å². The van der Waals surface area contributed by atoms with Gasteiger partial charge in [0.1, 0.15) is 0 Å². The van der Waals surface area contributed by atoms with Crippen LogP contribution in [0.15, 0.2) is 36.0 Å². The molecule has 100 valence electrons. The van der Waals surface area contributed by atoms with Gasteiger partial charge in [-0.25, -0.2) is 9.97 Å². The molecule has 0 saturated carbocycles. The average Bonchev–Trinajstić information content (AvgIpc) is 2.40. The van der Waals surface area contributed by atoms with Crippen molar-refractivity contribution in [3.8, 4) is 0 Å². The van der Waals surface area contributed by atoms with Gasteiger partial charge in [0.25, 0.3) is 0 Å². The van der Waals surface area contributed by atoms with E-state index in [1.807, 2.05) is 25.4 Å². The van der Waals surface area contributed by atoms with Crippen molar-refractivity contribution in [3.05, 3.63) is 42.2 Å². The summed E-state index contributed by atoms with van der Waals surface area (Å²) in [5.74, 6) is 0. The summed E-state index contributed by atoms with van der Waals surface area (Å²) in [6.07, 6.45) is 7.20. The van der Waals surface area contributed by atoms with Gasteiger partial charge in [0.15, 0.2) is 5.16 Å². The van der Waals surface area contributed by atoms with Crippen molar-refractivity contribution in [1.29, 1.82) is 0 Å². The Morgan fingerprint density at radius 1 is 1.05 bits per heavy atom. The fourth-order valence-corrected chi connectivity index (χ4v) is 2.56. The fraction of sp³-hybridized carbons (Fsp3) is 0.429. The zero-order valence-corrected chi connectivity index (χ0v) is 12.5.